The smallest absolute Gasteiger partial charge is 0.413 e. The van der Waals surface area contributed by atoms with Gasteiger partial charge in [-0.1, -0.05) is 6.42 Å². The molecule has 1 unspecified atom stereocenters. The SMILES string of the molecule is CC(=O)NCCCC(=O)OC(C)OC(=O)N(C)[C@]1(C)CCCCC1=O. The van der Waals surface area contributed by atoms with E-state index in [0.29, 0.717) is 25.8 Å². The van der Waals surface area contributed by atoms with Crippen molar-refractivity contribution in [3.8, 4) is 0 Å². The fourth-order valence-electron chi connectivity index (χ4n) is 2.71. The Hall–Kier alpha value is -2.12. The molecular formula is C17H28N2O6. The van der Waals surface area contributed by atoms with Crippen LogP contribution in [0, 0.1) is 0 Å². The second-order valence-corrected chi connectivity index (χ2v) is 6.49. The molecular weight excluding hydrogens is 328 g/mol. The van der Waals surface area contributed by atoms with Gasteiger partial charge in [-0.15, -0.1) is 0 Å². The Kier molecular flexibility index (Phi) is 7.86. The summed E-state index contributed by atoms with van der Waals surface area (Å²) in [5, 5.41) is 2.58. The number of esters is 1. The van der Waals surface area contributed by atoms with E-state index in [-0.39, 0.29) is 18.1 Å². The molecule has 2 atom stereocenters. The third kappa shape index (κ3) is 6.36. The first-order chi connectivity index (χ1) is 11.7. The summed E-state index contributed by atoms with van der Waals surface area (Å²) in [4.78, 5) is 48.1. The number of rotatable bonds is 7. The van der Waals surface area contributed by atoms with Crippen molar-refractivity contribution in [3.05, 3.63) is 0 Å². The first-order valence-corrected chi connectivity index (χ1v) is 8.58. The normalized spacial score (nSPS) is 21.2. The highest BCUT2D eigenvalue weighted by Crippen LogP contribution is 2.30. The summed E-state index contributed by atoms with van der Waals surface area (Å²) in [7, 11) is 1.52. The lowest BCUT2D eigenvalue weighted by Gasteiger charge is -2.39. The van der Waals surface area contributed by atoms with E-state index in [1.54, 1.807) is 6.92 Å². The van der Waals surface area contributed by atoms with E-state index >= 15 is 0 Å². The number of hydrogen-bond donors (Lipinski definition) is 1. The fraction of sp³-hybridized carbons (Fsp3) is 0.765. The van der Waals surface area contributed by atoms with Gasteiger partial charge in [0.05, 0.1) is 0 Å². The molecule has 25 heavy (non-hydrogen) atoms. The Labute approximate surface area is 148 Å². The Morgan fingerprint density at radius 1 is 1.28 bits per heavy atom. The number of nitrogens with zero attached hydrogens (tertiary/aromatic N) is 1. The highest BCUT2D eigenvalue weighted by atomic mass is 16.7. The minimum Gasteiger partial charge on any atom is -0.425 e. The lowest BCUT2D eigenvalue weighted by atomic mass is 9.81. The molecule has 2 amide bonds. The van der Waals surface area contributed by atoms with Crippen LogP contribution in [-0.2, 0) is 23.9 Å². The topological polar surface area (TPSA) is 102 Å². The molecule has 0 aromatic heterocycles. The molecule has 1 aliphatic rings. The van der Waals surface area contributed by atoms with Crippen molar-refractivity contribution in [2.45, 2.75) is 71.1 Å². The summed E-state index contributed by atoms with van der Waals surface area (Å²) in [5.41, 5.74) is -0.878. The molecule has 0 saturated heterocycles. The van der Waals surface area contributed by atoms with Crippen LogP contribution >= 0.6 is 0 Å². The Morgan fingerprint density at radius 2 is 1.96 bits per heavy atom. The Balaban J connectivity index is 2.41. The number of carbonyl (C=O) groups is 4. The van der Waals surface area contributed by atoms with Crippen molar-refractivity contribution in [1.29, 1.82) is 0 Å². The summed E-state index contributed by atoms with van der Waals surface area (Å²) in [6.07, 6.45) is 1.55. The van der Waals surface area contributed by atoms with E-state index in [1.807, 2.05) is 0 Å². The number of ether oxygens (including phenoxy) is 2. The van der Waals surface area contributed by atoms with Crippen molar-refractivity contribution in [2.24, 2.45) is 0 Å². The van der Waals surface area contributed by atoms with Crippen LogP contribution < -0.4 is 5.32 Å². The van der Waals surface area contributed by atoms with Gasteiger partial charge < -0.3 is 14.8 Å². The van der Waals surface area contributed by atoms with Crippen molar-refractivity contribution in [3.63, 3.8) is 0 Å². The third-order valence-electron chi connectivity index (χ3n) is 4.43. The zero-order valence-corrected chi connectivity index (χ0v) is 15.4. The summed E-state index contributed by atoms with van der Waals surface area (Å²) < 4.78 is 10.1. The van der Waals surface area contributed by atoms with Gasteiger partial charge in [0, 0.05) is 40.3 Å². The number of carbonyl (C=O) groups excluding carboxylic acids is 4. The highest BCUT2D eigenvalue weighted by Gasteiger charge is 2.42. The third-order valence-corrected chi connectivity index (χ3v) is 4.43. The van der Waals surface area contributed by atoms with Gasteiger partial charge >= 0.3 is 12.1 Å². The van der Waals surface area contributed by atoms with Gasteiger partial charge in [-0.05, 0) is 26.2 Å². The number of amides is 2. The molecule has 1 saturated carbocycles. The van der Waals surface area contributed by atoms with Crippen LogP contribution in [0.5, 0.6) is 0 Å². The van der Waals surface area contributed by atoms with Crippen molar-refractivity contribution in [2.75, 3.05) is 13.6 Å². The summed E-state index contributed by atoms with van der Waals surface area (Å²) in [6, 6.07) is 0. The zero-order valence-electron chi connectivity index (χ0n) is 15.4. The van der Waals surface area contributed by atoms with Gasteiger partial charge in [-0.25, -0.2) is 4.79 Å². The van der Waals surface area contributed by atoms with Crippen LogP contribution in [0.3, 0.4) is 0 Å². The number of nitrogens with one attached hydrogen (secondary N) is 1. The van der Waals surface area contributed by atoms with Crippen molar-refractivity contribution in [1.82, 2.24) is 10.2 Å². The molecule has 0 aromatic carbocycles. The van der Waals surface area contributed by atoms with E-state index in [2.05, 4.69) is 5.32 Å². The lowest BCUT2D eigenvalue weighted by molar-refractivity contribution is -0.167. The molecule has 0 spiro atoms. The maximum atomic E-state index is 12.2. The average molecular weight is 356 g/mol. The Bertz CT molecular complexity index is 521. The second-order valence-electron chi connectivity index (χ2n) is 6.49. The molecule has 0 radical (unpaired) electrons. The number of Topliss-reactive ketones (excluding diaryl/α,β-unsaturated/α-hetero) is 1. The van der Waals surface area contributed by atoms with E-state index < -0.39 is 23.9 Å². The molecule has 0 bridgehead atoms. The van der Waals surface area contributed by atoms with Crippen LogP contribution in [0.1, 0.15) is 59.3 Å². The zero-order chi connectivity index (χ0) is 19.0. The molecule has 142 valence electrons. The molecule has 1 fully saturated rings. The van der Waals surface area contributed by atoms with Gasteiger partial charge in [0.25, 0.3) is 0 Å². The predicted octanol–water partition coefficient (Wildman–Crippen LogP) is 1.76. The maximum absolute atomic E-state index is 12.2. The number of hydrogen-bond acceptors (Lipinski definition) is 6. The van der Waals surface area contributed by atoms with Gasteiger partial charge in [0.1, 0.15) is 5.54 Å². The Morgan fingerprint density at radius 3 is 2.56 bits per heavy atom. The lowest BCUT2D eigenvalue weighted by Crippen LogP contribution is -2.55. The average Bonchev–Trinajstić information content (AvgIpc) is 2.53. The maximum Gasteiger partial charge on any atom is 0.413 e. The molecule has 8 heteroatoms. The van der Waals surface area contributed by atoms with Crippen molar-refractivity contribution < 1.29 is 28.7 Å². The summed E-state index contributed by atoms with van der Waals surface area (Å²) in [5.74, 6) is -0.668. The highest BCUT2D eigenvalue weighted by molar-refractivity contribution is 5.91. The predicted molar refractivity (Wildman–Crippen MR) is 89.6 cm³/mol. The molecule has 1 aliphatic carbocycles. The van der Waals surface area contributed by atoms with Gasteiger partial charge in [-0.3, -0.25) is 19.3 Å². The minimum atomic E-state index is -1.05. The first kappa shape index (κ1) is 20.9. The molecule has 1 N–H and O–H groups in total. The quantitative estimate of drug-likeness (QED) is 0.424. The van der Waals surface area contributed by atoms with E-state index in [4.69, 9.17) is 9.47 Å². The molecule has 0 aliphatic heterocycles. The van der Waals surface area contributed by atoms with Gasteiger partial charge in [0.2, 0.25) is 12.2 Å². The van der Waals surface area contributed by atoms with Crippen LogP contribution in [0.4, 0.5) is 4.79 Å². The molecule has 1 rings (SSSR count). The van der Waals surface area contributed by atoms with Crippen LogP contribution in [-0.4, -0.2) is 54.1 Å². The van der Waals surface area contributed by atoms with E-state index in [9.17, 15) is 19.2 Å². The second kappa shape index (κ2) is 9.39. The van der Waals surface area contributed by atoms with Gasteiger partial charge in [-0.2, -0.15) is 0 Å². The first-order valence-electron chi connectivity index (χ1n) is 8.58. The summed E-state index contributed by atoms with van der Waals surface area (Å²) >= 11 is 0. The van der Waals surface area contributed by atoms with Crippen LogP contribution in [0.15, 0.2) is 0 Å². The van der Waals surface area contributed by atoms with E-state index in [0.717, 1.165) is 12.8 Å². The molecule has 0 heterocycles. The number of ketones is 1. The van der Waals surface area contributed by atoms with Gasteiger partial charge in [0.15, 0.2) is 5.78 Å². The monoisotopic (exact) mass is 356 g/mol. The van der Waals surface area contributed by atoms with Crippen molar-refractivity contribution >= 4 is 23.8 Å². The summed E-state index contributed by atoms with van der Waals surface area (Å²) in [6.45, 7) is 4.95. The fourth-order valence-corrected chi connectivity index (χ4v) is 2.71. The largest absolute Gasteiger partial charge is 0.425 e. The van der Waals surface area contributed by atoms with Crippen LogP contribution in [0.2, 0.25) is 0 Å². The van der Waals surface area contributed by atoms with E-state index in [1.165, 1.54) is 25.8 Å². The van der Waals surface area contributed by atoms with Crippen LogP contribution in [0.25, 0.3) is 0 Å². The molecule has 8 nitrogen and oxygen atoms in total. The minimum absolute atomic E-state index is 0.0146. The molecule has 0 aromatic rings. The standard InChI is InChI=1S/C17H28N2O6/c1-12(20)18-11-7-9-15(22)24-13(2)25-16(23)19(4)17(3)10-6-5-8-14(17)21/h13H,5-11H2,1-4H3,(H,18,20)/t13?,17-/m1/s1. The number of likely N-dealkylation sites (N-methyl/N-ethyl adjacent to an activating group) is 1.